The number of anilines is 2. The van der Waals surface area contributed by atoms with Crippen molar-refractivity contribution in [2.45, 2.75) is 6.61 Å². The number of amides is 1. The maximum atomic E-state index is 13.3. The number of thiazole rings is 1. The van der Waals surface area contributed by atoms with E-state index in [1.807, 2.05) is 17.5 Å². The van der Waals surface area contributed by atoms with Crippen molar-refractivity contribution in [1.82, 2.24) is 9.97 Å². The third-order valence-electron chi connectivity index (χ3n) is 4.44. The summed E-state index contributed by atoms with van der Waals surface area (Å²) in [5.74, 6) is 0.0179. The fraction of sp³-hybridized carbons (Fsp3) is 0.0417. The molecule has 1 amide bonds. The van der Waals surface area contributed by atoms with E-state index in [1.54, 1.807) is 48.8 Å². The van der Waals surface area contributed by atoms with Crippen LogP contribution in [0.5, 0.6) is 5.75 Å². The maximum absolute atomic E-state index is 13.3. The van der Waals surface area contributed by atoms with Gasteiger partial charge in [0, 0.05) is 23.3 Å². The molecule has 154 valence electrons. The van der Waals surface area contributed by atoms with Gasteiger partial charge in [-0.25, -0.2) is 9.37 Å². The minimum Gasteiger partial charge on any atom is -0.489 e. The van der Waals surface area contributed by atoms with Gasteiger partial charge in [-0.15, -0.1) is 11.3 Å². The summed E-state index contributed by atoms with van der Waals surface area (Å²) in [4.78, 5) is 22.7. The van der Waals surface area contributed by atoms with Crippen LogP contribution in [0.4, 0.5) is 15.2 Å². The van der Waals surface area contributed by atoms with E-state index in [9.17, 15) is 9.18 Å². The lowest BCUT2D eigenvalue weighted by atomic mass is 10.2. The van der Waals surface area contributed by atoms with Crippen LogP contribution in [0, 0.1) is 5.82 Å². The Morgan fingerprint density at radius 2 is 1.90 bits per heavy atom. The first-order valence-electron chi connectivity index (χ1n) is 9.44. The van der Waals surface area contributed by atoms with E-state index < -0.39 is 0 Å². The monoisotopic (exact) mass is 431 g/mol. The van der Waals surface area contributed by atoms with Crippen molar-refractivity contribution < 1.29 is 13.9 Å². The summed E-state index contributed by atoms with van der Waals surface area (Å²) in [6.45, 7) is 3.85. The van der Waals surface area contributed by atoms with Gasteiger partial charge in [-0.1, -0.05) is 18.7 Å². The van der Waals surface area contributed by atoms with Gasteiger partial charge in [0.1, 0.15) is 18.2 Å². The molecule has 0 aliphatic heterocycles. The predicted molar refractivity (Wildman–Crippen MR) is 120 cm³/mol. The van der Waals surface area contributed by atoms with Crippen molar-refractivity contribution >= 4 is 28.1 Å². The van der Waals surface area contributed by atoms with E-state index >= 15 is 0 Å². The van der Waals surface area contributed by atoms with Crippen LogP contribution in [-0.4, -0.2) is 15.9 Å². The van der Waals surface area contributed by atoms with Gasteiger partial charge in [0.05, 0.1) is 11.4 Å². The fourth-order valence-corrected chi connectivity index (χ4v) is 3.79. The number of benzene rings is 2. The quantitative estimate of drug-likeness (QED) is 0.348. The zero-order chi connectivity index (χ0) is 21.6. The molecule has 2 aromatic heterocycles. The van der Waals surface area contributed by atoms with Crippen LogP contribution >= 0.6 is 11.3 Å². The van der Waals surface area contributed by atoms with Crippen molar-refractivity contribution in [2.75, 3.05) is 4.90 Å². The van der Waals surface area contributed by atoms with Gasteiger partial charge in [0.15, 0.2) is 5.13 Å². The predicted octanol–water partition coefficient (Wildman–Crippen LogP) is 5.77. The Morgan fingerprint density at radius 1 is 1.13 bits per heavy atom. The number of aromatic nitrogens is 2. The van der Waals surface area contributed by atoms with Gasteiger partial charge in [0.25, 0.3) is 5.91 Å². The number of rotatable bonds is 7. The number of nitrogens with zero attached hydrogens (tertiary/aromatic N) is 3. The molecule has 4 rings (SSSR count). The lowest BCUT2D eigenvalue weighted by molar-refractivity contribution is -0.113. The number of carbonyl (C=O) groups excluding carboxylic acids is 1. The van der Waals surface area contributed by atoms with Gasteiger partial charge < -0.3 is 4.74 Å². The summed E-state index contributed by atoms with van der Waals surface area (Å²) < 4.78 is 19.0. The molecule has 31 heavy (non-hydrogen) atoms. The summed E-state index contributed by atoms with van der Waals surface area (Å²) in [6.07, 6.45) is 4.65. The smallest absolute Gasteiger partial charge is 0.256 e. The van der Waals surface area contributed by atoms with E-state index in [0.717, 1.165) is 16.8 Å². The molecular weight excluding hydrogens is 413 g/mol. The summed E-state index contributed by atoms with van der Waals surface area (Å²) in [5.41, 5.74) is 3.06. The van der Waals surface area contributed by atoms with Crippen LogP contribution < -0.4 is 9.64 Å². The maximum Gasteiger partial charge on any atom is 0.256 e. The Balaban J connectivity index is 1.54. The number of halogens is 1. The minimum absolute atomic E-state index is 0.244. The minimum atomic E-state index is -0.301. The molecule has 0 aliphatic rings. The van der Waals surface area contributed by atoms with Gasteiger partial charge in [-0.3, -0.25) is 14.7 Å². The highest BCUT2D eigenvalue weighted by Gasteiger charge is 2.19. The first-order valence-corrected chi connectivity index (χ1v) is 10.3. The molecule has 2 heterocycles. The summed E-state index contributed by atoms with van der Waals surface area (Å²) in [7, 11) is 0. The second-order valence-electron chi connectivity index (χ2n) is 6.54. The number of ether oxygens (including phenoxy) is 1. The molecule has 4 aromatic rings. The average Bonchev–Trinajstić information content (AvgIpc) is 3.29. The Labute approximate surface area is 183 Å². The SMILES string of the molecule is C=CC(=O)N(c1ccc(OCc2cccc(F)c2)cc1)c1nc(-c2ccncc2)cs1. The van der Waals surface area contributed by atoms with Crippen molar-refractivity contribution in [3.8, 4) is 17.0 Å². The second-order valence-corrected chi connectivity index (χ2v) is 7.38. The first-order chi connectivity index (χ1) is 15.1. The van der Waals surface area contributed by atoms with Crippen molar-refractivity contribution in [3.05, 3.63) is 102 Å². The lowest BCUT2D eigenvalue weighted by Gasteiger charge is -2.18. The third kappa shape index (κ3) is 4.84. The van der Waals surface area contributed by atoms with Crippen LogP contribution in [0.15, 0.2) is 91.1 Å². The van der Waals surface area contributed by atoms with Crippen molar-refractivity contribution in [2.24, 2.45) is 0 Å². The Kier molecular flexibility index (Phi) is 6.14. The Hall–Kier alpha value is -3.84. The van der Waals surface area contributed by atoms with Crippen LogP contribution in [0.3, 0.4) is 0 Å². The molecule has 0 atom stereocenters. The molecule has 0 fully saturated rings. The highest BCUT2D eigenvalue weighted by molar-refractivity contribution is 7.14. The van der Waals surface area contributed by atoms with Gasteiger partial charge in [-0.05, 0) is 60.2 Å². The number of pyridine rings is 1. The fourth-order valence-electron chi connectivity index (χ4n) is 2.93. The molecular formula is C24H18FN3O2S. The number of hydrogen-bond acceptors (Lipinski definition) is 5. The Bertz CT molecular complexity index is 1190. The van der Waals surface area contributed by atoms with Crippen LogP contribution in [0.1, 0.15) is 5.56 Å². The third-order valence-corrected chi connectivity index (χ3v) is 5.27. The van der Waals surface area contributed by atoms with Crippen LogP contribution in [-0.2, 0) is 11.4 Å². The van der Waals surface area contributed by atoms with Crippen LogP contribution in [0.25, 0.3) is 11.3 Å². The zero-order valence-corrected chi connectivity index (χ0v) is 17.3. The van der Waals surface area contributed by atoms with E-state index in [-0.39, 0.29) is 18.3 Å². The number of hydrogen-bond donors (Lipinski definition) is 0. The molecule has 0 unspecified atom stereocenters. The normalized spacial score (nSPS) is 10.5. The summed E-state index contributed by atoms with van der Waals surface area (Å²) >= 11 is 1.36. The van der Waals surface area contributed by atoms with Gasteiger partial charge in [0.2, 0.25) is 0 Å². The molecule has 7 heteroatoms. The highest BCUT2D eigenvalue weighted by Crippen LogP contribution is 2.33. The summed E-state index contributed by atoms with van der Waals surface area (Å²) in [6, 6.07) is 17.1. The summed E-state index contributed by atoms with van der Waals surface area (Å²) in [5, 5.41) is 2.43. The average molecular weight is 431 g/mol. The van der Waals surface area contributed by atoms with E-state index in [2.05, 4.69) is 16.5 Å². The van der Waals surface area contributed by atoms with E-state index in [1.165, 1.54) is 34.4 Å². The zero-order valence-electron chi connectivity index (χ0n) is 16.4. The molecule has 0 bridgehead atoms. The molecule has 0 saturated carbocycles. The molecule has 5 nitrogen and oxygen atoms in total. The van der Waals surface area contributed by atoms with Crippen molar-refractivity contribution in [1.29, 1.82) is 0 Å². The molecule has 0 aliphatic carbocycles. The molecule has 2 aromatic carbocycles. The molecule has 0 radical (unpaired) electrons. The van der Waals surface area contributed by atoms with E-state index in [0.29, 0.717) is 16.6 Å². The van der Waals surface area contributed by atoms with Crippen molar-refractivity contribution in [3.63, 3.8) is 0 Å². The molecule has 0 N–H and O–H groups in total. The topological polar surface area (TPSA) is 55.3 Å². The largest absolute Gasteiger partial charge is 0.489 e. The Morgan fingerprint density at radius 3 is 2.61 bits per heavy atom. The number of carbonyl (C=O) groups is 1. The van der Waals surface area contributed by atoms with Gasteiger partial charge >= 0.3 is 0 Å². The standard InChI is InChI=1S/C24H18FN3O2S/c1-2-23(29)28(24-27-22(16-31-24)18-10-12-26-13-11-18)20-6-8-21(9-7-20)30-15-17-4-3-5-19(25)14-17/h2-14,16H,1,15H2. The molecule has 0 spiro atoms. The molecule has 0 saturated heterocycles. The lowest BCUT2D eigenvalue weighted by Crippen LogP contribution is -2.23. The highest BCUT2D eigenvalue weighted by atomic mass is 32.1. The first kappa shape index (κ1) is 20.4. The van der Waals surface area contributed by atoms with E-state index in [4.69, 9.17) is 4.74 Å². The van der Waals surface area contributed by atoms with Crippen LogP contribution in [0.2, 0.25) is 0 Å². The second kappa shape index (κ2) is 9.32. The van der Waals surface area contributed by atoms with Gasteiger partial charge in [-0.2, -0.15) is 0 Å².